The number of anilines is 2. The van der Waals surface area contributed by atoms with Gasteiger partial charge in [-0.15, -0.1) is 0 Å². The molecule has 0 saturated carbocycles. The molecule has 0 bridgehead atoms. The number of nitrogens with one attached hydrogen (secondary N) is 1. The summed E-state index contributed by atoms with van der Waals surface area (Å²) in [7, 11) is 3.67. The van der Waals surface area contributed by atoms with Crippen molar-refractivity contribution in [2.75, 3.05) is 23.9 Å². The van der Waals surface area contributed by atoms with Crippen LogP contribution in [0.3, 0.4) is 0 Å². The molecule has 3 aromatic rings. The molecule has 1 fully saturated rings. The van der Waals surface area contributed by atoms with Crippen LogP contribution in [0.4, 0.5) is 11.7 Å². The van der Waals surface area contributed by atoms with Crippen LogP contribution in [0.1, 0.15) is 23.7 Å². The number of hydrogen-bond acceptors (Lipinski definition) is 5. The number of aromatic nitrogens is 1. The summed E-state index contributed by atoms with van der Waals surface area (Å²) in [5, 5.41) is 2.87. The van der Waals surface area contributed by atoms with Crippen molar-refractivity contribution in [2.45, 2.75) is 25.4 Å². The lowest BCUT2D eigenvalue weighted by molar-refractivity contribution is -0.118. The standard InChI is InChI=1S/C21H22N4O3/c1-13-11-17(20(27)25(13)15-7-5-4-6-8-15)22-19(26)14-9-10-18-16(12-14)23-21(28-18)24(2)3/h4-10,12-13,17H,11H2,1-3H3,(H,22,26)/t13-,17-/m0/s1. The van der Waals surface area contributed by atoms with Gasteiger partial charge in [0.1, 0.15) is 11.6 Å². The summed E-state index contributed by atoms with van der Waals surface area (Å²) in [4.78, 5) is 33.5. The highest BCUT2D eigenvalue weighted by molar-refractivity contribution is 6.05. The third-order valence-corrected chi connectivity index (χ3v) is 4.91. The lowest BCUT2D eigenvalue weighted by atomic mass is 10.1. The van der Waals surface area contributed by atoms with Crippen molar-refractivity contribution < 1.29 is 14.0 Å². The molecule has 7 nitrogen and oxygen atoms in total. The second kappa shape index (κ2) is 6.99. The van der Waals surface area contributed by atoms with Gasteiger partial charge in [0.2, 0.25) is 5.91 Å². The number of para-hydroxylation sites is 1. The van der Waals surface area contributed by atoms with E-state index >= 15 is 0 Å². The van der Waals surface area contributed by atoms with Crippen molar-refractivity contribution in [3.05, 3.63) is 54.1 Å². The lowest BCUT2D eigenvalue weighted by Crippen LogP contribution is -2.41. The van der Waals surface area contributed by atoms with E-state index in [0.717, 1.165) is 5.69 Å². The fourth-order valence-electron chi connectivity index (χ4n) is 3.51. The molecule has 1 aromatic heterocycles. The Kier molecular flexibility index (Phi) is 4.50. The van der Waals surface area contributed by atoms with E-state index in [1.54, 1.807) is 28.0 Å². The summed E-state index contributed by atoms with van der Waals surface area (Å²) in [5.41, 5.74) is 2.51. The van der Waals surface area contributed by atoms with Crippen molar-refractivity contribution in [2.24, 2.45) is 0 Å². The predicted octanol–water partition coefficient (Wildman–Crippen LogP) is 2.82. The molecule has 2 atom stereocenters. The van der Waals surface area contributed by atoms with Crippen LogP contribution >= 0.6 is 0 Å². The summed E-state index contributed by atoms with van der Waals surface area (Å²) in [5.74, 6) is -0.388. The fraction of sp³-hybridized carbons (Fsp3) is 0.286. The molecule has 1 aliphatic heterocycles. The van der Waals surface area contributed by atoms with Crippen LogP contribution in [-0.4, -0.2) is 43.0 Å². The predicted molar refractivity (Wildman–Crippen MR) is 108 cm³/mol. The third kappa shape index (κ3) is 3.19. The van der Waals surface area contributed by atoms with E-state index in [0.29, 0.717) is 29.1 Å². The Labute approximate surface area is 162 Å². The van der Waals surface area contributed by atoms with Crippen LogP contribution in [0.5, 0.6) is 0 Å². The van der Waals surface area contributed by atoms with Gasteiger partial charge in [-0.3, -0.25) is 9.59 Å². The smallest absolute Gasteiger partial charge is 0.297 e. The molecule has 0 spiro atoms. The van der Waals surface area contributed by atoms with Gasteiger partial charge in [-0.2, -0.15) is 4.98 Å². The zero-order chi connectivity index (χ0) is 19.8. The number of benzene rings is 2. The average molecular weight is 378 g/mol. The number of oxazole rings is 1. The molecule has 1 aliphatic rings. The number of carbonyl (C=O) groups is 2. The van der Waals surface area contributed by atoms with Gasteiger partial charge < -0.3 is 19.5 Å². The van der Waals surface area contributed by atoms with E-state index in [2.05, 4.69) is 10.3 Å². The summed E-state index contributed by atoms with van der Waals surface area (Å²) >= 11 is 0. The topological polar surface area (TPSA) is 78.7 Å². The zero-order valence-corrected chi connectivity index (χ0v) is 16.0. The number of amides is 2. The average Bonchev–Trinajstić information content (AvgIpc) is 3.23. The monoisotopic (exact) mass is 378 g/mol. The molecular formula is C21H22N4O3. The molecule has 4 rings (SSSR count). The Bertz CT molecular complexity index is 1030. The first-order valence-electron chi connectivity index (χ1n) is 9.21. The molecule has 2 aromatic carbocycles. The molecule has 7 heteroatoms. The minimum atomic E-state index is -0.548. The maximum atomic E-state index is 12.9. The van der Waals surface area contributed by atoms with Gasteiger partial charge in [0.15, 0.2) is 5.58 Å². The van der Waals surface area contributed by atoms with E-state index in [1.807, 2.05) is 51.4 Å². The molecule has 144 valence electrons. The Hall–Kier alpha value is -3.35. The zero-order valence-electron chi connectivity index (χ0n) is 16.0. The lowest BCUT2D eigenvalue weighted by Gasteiger charge is -2.21. The Morgan fingerprint density at radius 3 is 2.68 bits per heavy atom. The molecule has 2 amide bonds. The molecule has 2 heterocycles. The van der Waals surface area contributed by atoms with Crippen molar-refractivity contribution in [3.63, 3.8) is 0 Å². The van der Waals surface area contributed by atoms with E-state index in [1.165, 1.54) is 0 Å². The van der Waals surface area contributed by atoms with Crippen LogP contribution in [0, 0.1) is 0 Å². The molecule has 0 unspecified atom stereocenters. The Balaban J connectivity index is 1.52. The maximum absolute atomic E-state index is 12.9. The summed E-state index contributed by atoms with van der Waals surface area (Å²) in [6, 6.07) is 14.5. The van der Waals surface area contributed by atoms with E-state index in [-0.39, 0.29) is 17.9 Å². The van der Waals surface area contributed by atoms with Crippen molar-refractivity contribution in [3.8, 4) is 0 Å². The van der Waals surface area contributed by atoms with Crippen molar-refractivity contribution >= 4 is 34.6 Å². The Morgan fingerprint density at radius 2 is 1.96 bits per heavy atom. The highest BCUT2D eigenvalue weighted by atomic mass is 16.4. The maximum Gasteiger partial charge on any atom is 0.297 e. The number of nitrogens with zero attached hydrogens (tertiary/aromatic N) is 3. The summed E-state index contributed by atoms with van der Waals surface area (Å²) < 4.78 is 5.61. The van der Waals surface area contributed by atoms with Gasteiger partial charge in [0, 0.05) is 31.4 Å². The molecule has 1 saturated heterocycles. The largest absolute Gasteiger partial charge is 0.423 e. The normalized spacial score (nSPS) is 19.2. The molecule has 0 aliphatic carbocycles. The van der Waals surface area contributed by atoms with Crippen molar-refractivity contribution in [1.29, 1.82) is 0 Å². The highest BCUT2D eigenvalue weighted by Gasteiger charge is 2.38. The van der Waals surface area contributed by atoms with Gasteiger partial charge >= 0.3 is 0 Å². The van der Waals surface area contributed by atoms with Crippen LogP contribution in [0.15, 0.2) is 52.9 Å². The molecule has 0 radical (unpaired) electrons. The van der Waals surface area contributed by atoms with Crippen LogP contribution in [0.25, 0.3) is 11.1 Å². The van der Waals surface area contributed by atoms with E-state index in [4.69, 9.17) is 4.42 Å². The SMILES string of the molecule is C[C@H]1C[C@H](NC(=O)c2ccc3oc(N(C)C)nc3c2)C(=O)N1c1ccccc1. The second-order valence-electron chi connectivity index (χ2n) is 7.23. The van der Waals surface area contributed by atoms with Crippen LogP contribution < -0.4 is 15.1 Å². The van der Waals surface area contributed by atoms with Crippen molar-refractivity contribution in [1.82, 2.24) is 10.3 Å². The molecule has 1 N–H and O–H groups in total. The van der Waals surface area contributed by atoms with Gasteiger partial charge in [-0.25, -0.2) is 0 Å². The minimum absolute atomic E-state index is 0.0147. The van der Waals surface area contributed by atoms with Gasteiger partial charge in [0.05, 0.1) is 0 Å². The van der Waals surface area contributed by atoms with Crippen LogP contribution in [-0.2, 0) is 4.79 Å². The summed E-state index contributed by atoms with van der Waals surface area (Å²) in [6.45, 7) is 1.99. The highest BCUT2D eigenvalue weighted by Crippen LogP contribution is 2.27. The number of fused-ring (bicyclic) bond motifs is 1. The fourth-order valence-corrected chi connectivity index (χ4v) is 3.51. The van der Waals surface area contributed by atoms with E-state index in [9.17, 15) is 9.59 Å². The summed E-state index contributed by atoms with van der Waals surface area (Å²) in [6.07, 6.45) is 0.566. The molecule has 28 heavy (non-hydrogen) atoms. The third-order valence-electron chi connectivity index (χ3n) is 4.91. The first kappa shape index (κ1) is 18.0. The first-order chi connectivity index (χ1) is 13.4. The number of rotatable bonds is 4. The minimum Gasteiger partial charge on any atom is -0.423 e. The van der Waals surface area contributed by atoms with E-state index < -0.39 is 6.04 Å². The second-order valence-corrected chi connectivity index (χ2v) is 7.23. The number of hydrogen-bond donors (Lipinski definition) is 1. The number of carbonyl (C=O) groups excluding carboxylic acids is 2. The molecular weight excluding hydrogens is 356 g/mol. The Morgan fingerprint density at radius 1 is 1.21 bits per heavy atom. The quantitative estimate of drug-likeness (QED) is 0.755. The van der Waals surface area contributed by atoms with Gasteiger partial charge in [-0.05, 0) is 43.7 Å². The van der Waals surface area contributed by atoms with Gasteiger partial charge in [-0.1, -0.05) is 18.2 Å². The first-order valence-corrected chi connectivity index (χ1v) is 9.21. The van der Waals surface area contributed by atoms with Gasteiger partial charge in [0.25, 0.3) is 11.9 Å². The van der Waals surface area contributed by atoms with Crippen LogP contribution in [0.2, 0.25) is 0 Å².